The molecule has 126 valence electrons. The molecule has 1 aromatic carbocycles. The van der Waals surface area contributed by atoms with Crippen LogP contribution in [0.3, 0.4) is 0 Å². The maximum absolute atomic E-state index is 13.6. The molecule has 1 aromatic rings. The van der Waals surface area contributed by atoms with Crippen molar-refractivity contribution < 1.29 is 13.9 Å². The molecule has 2 aliphatic rings. The first-order valence-electron chi connectivity index (χ1n) is 8.86. The van der Waals surface area contributed by atoms with E-state index in [9.17, 15) is 4.39 Å². The van der Waals surface area contributed by atoms with Crippen LogP contribution in [0.1, 0.15) is 64.0 Å². The van der Waals surface area contributed by atoms with E-state index in [-0.39, 0.29) is 6.10 Å². The molecule has 1 heterocycles. The first-order chi connectivity index (χ1) is 11.1. The Morgan fingerprint density at radius 2 is 1.78 bits per heavy atom. The van der Waals surface area contributed by atoms with Crippen molar-refractivity contribution in [3.63, 3.8) is 0 Å². The van der Waals surface area contributed by atoms with Gasteiger partial charge < -0.3 is 9.47 Å². The Labute approximate surface area is 138 Å². The van der Waals surface area contributed by atoms with Crippen LogP contribution in [0.4, 0.5) is 4.39 Å². The third kappa shape index (κ3) is 4.27. The predicted octanol–water partition coefficient (Wildman–Crippen LogP) is 5.94. The summed E-state index contributed by atoms with van der Waals surface area (Å²) in [5, 5.41) is 0. The van der Waals surface area contributed by atoms with E-state index in [2.05, 4.69) is 6.92 Å². The predicted molar refractivity (Wildman–Crippen MR) is 89.9 cm³/mol. The third-order valence-electron chi connectivity index (χ3n) is 5.24. The van der Waals surface area contributed by atoms with Crippen LogP contribution in [0, 0.1) is 11.8 Å². The summed E-state index contributed by atoms with van der Waals surface area (Å²) < 4.78 is 24.9. The molecule has 0 amide bonds. The molecule has 1 aliphatic heterocycles. The van der Waals surface area contributed by atoms with Gasteiger partial charge in [-0.15, -0.1) is 0 Å². The zero-order chi connectivity index (χ0) is 16.2. The Bertz CT molecular complexity index is 541. The molecule has 1 saturated carbocycles. The smallest absolute Gasteiger partial charge is 0.272 e. The zero-order valence-electron chi connectivity index (χ0n) is 14.2. The van der Waals surface area contributed by atoms with Gasteiger partial charge in [0.15, 0.2) is 0 Å². The highest BCUT2D eigenvalue weighted by Gasteiger charge is 2.22. The normalized spacial score (nSPS) is 28.4. The second-order valence-corrected chi connectivity index (χ2v) is 7.21. The van der Waals surface area contributed by atoms with E-state index in [1.807, 2.05) is 24.3 Å². The molecular formula is C20H27FO2. The zero-order valence-corrected chi connectivity index (χ0v) is 14.2. The summed E-state index contributed by atoms with van der Waals surface area (Å²) in [5.74, 6) is 2.46. The number of rotatable bonds is 4. The van der Waals surface area contributed by atoms with Gasteiger partial charge in [0.2, 0.25) is 0 Å². The van der Waals surface area contributed by atoms with Crippen molar-refractivity contribution in [2.45, 2.75) is 58.5 Å². The van der Waals surface area contributed by atoms with Crippen molar-refractivity contribution in [1.29, 1.82) is 0 Å². The SMILES string of the molecule is CC1=C(F)OC(c2ccc(OCC3CCC(C)CC3)cc2)CC1. The standard InChI is InChI=1S/C20H27FO2/c1-14-3-6-16(7-4-14)13-22-18-10-8-17(9-11-18)19-12-5-15(2)20(21)23-19/h8-11,14,16,19H,3-7,12-13H2,1-2H3. The molecule has 0 radical (unpaired) electrons. The molecule has 23 heavy (non-hydrogen) atoms. The number of hydrogen-bond acceptors (Lipinski definition) is 2. The summed E-state index contributed by atoms with van der Waals surface area (Å²) >= 11 is 0. The van der Waals surface area contributed by atoms with E-state index in [1.54, 1.807) is 6.92 Å². The van der Waals surface area contributed by atoms with Crippen LogP contribution in [0.5, 0.6) is 5.75 Å². The van der Waals surface area contributed by atoms with Crippen LogP contribution in [-0.2, 0) is 4.74 Å². The molecule has 2 nitrogen and oxygen atoms in total. The molecule has 3 heteroatoms. The van der Waals surface area contributed by atoms with Crippen LogP contribution in [0.2, 0.25) is 0 Å². The van der Waals surface area contributed by atoms with Crippen molar-refractivity contribution in [3.8, 4) is 5.75 Å². The van der Waals surface area contributed by atoms with Crippen molar-refractivity contribution >= 4 is 0 Å². The molecule has 1 unspecified atom stereocenters. The minimum Gasteiger partial charge on any atom is -0.493 e. The first-order valence-corrected chi connectivity index (χ1v) is 8.86. The molecule has 0 aromatic heterocycles. The van der Waals surface area contributed by atoms with E-state index in [4.69, 9.17) is 9.47 Å². The van der Waals surface area contributed by atoms with Gasteiger partial charge in [0, 0.05) is 0 Å². The fraction of sp³-hybridized carbons (Fsp3) is 0.600. The average molecular weight is 318 g/mol. The van der Waals surface area contributed by atoms with Crippen LogP contribution >= 0.6 is 0 Å². The molecule has 0 spiro atoms. The highest BCUT2D eigenvalue weighted by Crippen LogP contribution is 2.35. The molecular weight excluding hydrogens is 291 g/mol. The topological polar surface area (TPSA) is 18.5 Å². The lowest BCUT2D eigenvalue weighted by Gasteiger charge is -2.26. The Morgan fingerprint density at radius 3 is 2.43 bits per heavy atom. The highest BCUT2D eigenvalue weighted by molar-refractivity contribution is 5.29. The van der Waals surface area contributed by atoms with Crippen molar-refractivity contribution in [2.24, 2.45) is 11.8 Å². The highest BCUT2D eigenvalue weighted by atomic mass is 19.1. The summed E-state index contributed by atoms with van der Waals surface area (Å²) in [6, 6.07) is 7.54. The van der Waals surface area contributed by atoms with Gasteiger partial charge in [-0.25, -0.2) is 0 Å². The van der Waals surface area contributed by atoms with Gasteiger partial charge in [-0.3, -0.25) is 0 Å². The Hall–Kier alpha value is -1.51. The summed E-state index contributed by atoms with van der Waals surface area (Å²) in [6.45, 7) is 4.93. The monoisotopic (exact) mass is 318 g/mol. The molecule has 0 N–H and O–H groups in total. The number of hydrogen-bond donors (Lipinski definition) is 0. The van der Waals surface area contributed by atoms with Crippen LogP contribution in [0.25, 0.3) is 0 Å². The van der Waals surface area contributed by atoms with Gasteiger partial charge in [0.1, 0.15) is 11.9 Å². The van der Waals surface area contributed by atoms with Crippen LogP contribution < -0.4 is 4.74 Å². The quantitative estimate of drug-likeness (QED) is 0.683. The lowest BCUT2D eigenvalue weighted by atomic mass is 9.83. The fourth-order valence-corrected chi connectivity index (χ4v) is 3.45. The minimum absolute atomic E-state index is 0.174. The second kappa shape index (κ2) is 7.37. The van der Waals surface area contributed by atoms with E-state index < -0.39 is 6.01 Å². The van der Waals surface area contributed by atoms with E-state index >= 15 is 0 Å². The van der Waals surface area contributed by atoms with Crippen LogP contribution in [-0.4, -0.2) is 6.61 Å². The maximum Gasteiger partial charge on any atom is 0.272 e. The third-order valence-corrected chi connectivity index (χ3v) is 5.24. The number of allylic oxidation sites excluding steroid dienone is 1. The first kappa shape index (κ1) is 16.4. The molecule has 0 saturated heterocycles. The van der Waals surface area contributed by atoms with Crippen molar-refractivity contribution in [3.05, 3.63) is 41.4 Å². The molecule has 1 fully saturated rings. The van der Waals surface area contributed by atoms with E-state index in [1.165, 1.54) is 25.7 Å². The van der Waals surface area contributed by atoms with Crippen LogP contribution in [0.15, 0.2) is 35.9 Å². The molecule has 1 atom stereocenters. The number of ether oxygens (including phenoxy) is 2. The molecule has 1 aliphatic carbocycles. The largest absolute Gasteiger partial charge is 0.493 e. The Balaban J connectivity index is 1.51. The van der Waals surface area contributed by atoms with Gasteiger partial charge in [-0.05, 0) is 67.7 Å². The lowest BCUT2D eigenvalue weighted by molar-refractivity contribution is 0.0442. The second-order valence-electron chi connectivity index (χ2n) is 7.21. The summed E-state index contributed by atoms with van der Waals surface area (Å²) in [7, 11) is 0. The van der Waals surface area contributed by atoms with E-state index in [0.29, 0.717) is 11.5 Å². The molecule has 0 bridgehead atoms. The average Bonchev–Trinajstić information content (AvgIpc) is 2.57. The Kier molecular flexibility index (Phi) is 5.24. The molecule has 3 rings (SSSR count). The fourth-order valence-electron chi connectivity index (χ4n) is 3.45. The minimum atomic E-state index is -0.409. The van der Waals surface area contributed by atoms with Crippen molar-refractivity contribution in [2.75, 3.05) is 6.61 Å². The van der Waals surface area contributed by atoms with Gasteiger partial charge in [0.05, 0.1) is 6.61 Å². The lowest BCUT2D eigenvalue weighted by Crippen LogP contribution is -2.18. The van der Waals surface area contributed by atoms with E-state index in [0.717, 1.165) is 36.7 Å². The van der Waals surface area contributed by atoms with Crippen molar-refractivity contribution in [1.82, 2.24) is 0 Å². The summed E-state index contributed by atoms with van der Waals surface area (Å²) in [5.41, 5.74) is 1.73. The Morgan fingerprint density at radius 1 is 1.09 bits per heavy atom. The van der Waals surface area contributed by atoms with Gasteiger partial charge in [-0.2, -0.15) is 4.39 Å². The summed E-state index contributed by atoms with van der Waals surface area (Å²) in [4.78, 5) is 0. The number of halogens is 1. The van der Waals surface area contributed by atoms with Gasteiger partial charge in [0.25, 0.3) is 6.01 Å². The number of benzene rings is 1. The maximum atomic E-state index is 13.6. The summed E-state index contributed by atoms with van der Waals surface area (Å²) in [6.07, 6.45) is 6.62. The van der Waals surface area contributed by atoms with Gasteiger partial charge in [-0.1, -0.05) is 31.9 Å². The van der Waals surface area contributed by atoms with Gasteiger partial charge >= 0.3 is 0 Å².